The fourth-order valence-electron chi connectivity index (χ4n) is 1.80. The SMILES string of the molecule is CN1CCN(Nc2ncc(C(F)(F)F)cc2N)CC1. The van der Waals surface area contributed by atoms with E-state index in [9.17, 15) is 13.2 Å². The Hall–Kier alpha value is -1.54. The molecule has 1 aliphatic heterocycles. The van der Waals surface area contributed by atoms with E-state index in [1.807, 2.05) is 12.1 Å². The number of anilines is 2. The minimum Gasteiger partial charge on any atom is -0.396 e. The van der Waals surface area contributed by atoms with Gasteiger partial charge in [0.2, 0.25) is 0 Å². The van der Waals surface area contributed by atoms with Crippen molar-refractivity contribution in [2.75, 3.05) is 44.4 Å². The Balaban J connectivity index is 2.05. The first kappa shape index (κ1) is 13.9. The molecule has 0 aromatic carbocycles. The Morgan fingerprint density at radius 1 is 1.26 bits per heavy atom. The van der Waals surface area contributed by atoms with Crippen molar-refractivity contribution in [3.05, 3.63) is 17.8 Å². The molecule has 1 aromatic rings. The van der Waals surface area contributed by atoms with Crippen LogP contribution < -0.4 is 11.2 Å². The van der Waals surface area contributed by atoms with Crippen molar-refractivity contribution < 1.29 is 13.2 Å². The number of hydrazine groups is 1. The third-order valence-corrected chi connectivity index (χ3v) is 3.01. The van der Waals surface area contributed by atoms with Crippen molar-refractivity contribution in [2.24, 2.45) is 0 Å². The minimum atomic E-state index is -4.42. The summed E-state index contributed by atoms with van der Waals surface area (Å²) in [7, 11) is 2.02. The second-order valence-electron chi connectivity index (χ2n) is 4.56. The fourth-order valence-corrected chi connectivity index (χ4v) is 1.80. The lowest BCUT2D eigenvalue weighted by atomic mass is 10.2. The fraction of sp³-hybridized carbons (Fsp3) is 0.545. The summed E-state index contributed by atoms with van der Waals surface area (Å²) in [6, 6.07) is 0.894. The summed E-state index contributed by atoms with van der Waals surface area (Å²) in [4.78, 5) is 5.91. The highest BCUT2D eigenvalue weighted by molar-refractivity contribution is 5.61. The van der Waals surface area contributed by atoms with Crippen LogP contribution >= 0.6 is 0 Å². The Morgan fingerprint density at radius 3 is 2.42 bits per heavy atom. The van der Waals surface area contributed by atoms with Crippen molar-refractivity contribution in [3.8, 4) is 0 Å². The van der Waals surface area contributed by atoms with Crippen LogP contribution in [0.3, 0.4) is 0 Å². The third kappa shape index (κ3) is 3.48. The second-order valence-corrected chi connectivity index (χ2v) is 4.56. The van der Waals surface area contributed by atoms with Gasteiger partial charge in [0.05, 0.1) is 11.3 Å². The Morgan fingerprint density at radius 2 is 1.89 bits per heavy atom. The molecule has 0 unspecified atom stereocenters. The van der Waals surface area contributed by atoms with Crippen molar-refractivity contribution in [3.63, 3.8) is 0 Å². The van der Waals surface area contributed by atoms with Gasteiger partial charge in [0.15, 0.2) is 5.82 Å². The van der Waals surface area contributed by atoms with Crippen LogP contribution in [0.15, 0.2) is 12.3 Å². The first-order valence-electron chi connectivity index (χ1n) is 5.89. The largest absolute Gasteiger partial charge is 0.417 e. The summed E-state index contributed by atoms with van der Waals surface area (Å²) in [5.74, 6) is 0.262. The number of piperazine rings is 1. The highest BCUT2D eigenvalue weighted by Crippen LogP contribution is 2.31. The molecule has 106 valence electrons. The molecular weight excluding hydrogens is 259 g/mol. The summed E-state index contributed by atoms with van der Waals surface area (Å²) >= 11 is 0. The lowest BCUT2D eigenvalue weighted by molar-refractivity contribution is -0.137. The van der Waals surface area contributed by atoms with Crippen molar-refractivity contribution >= 4 is 11.5 Å². The Labute approximate surface area is 109 Å². The topological polar surface area (TPSA) is 57.4 Å². The standard InChI is InChI=1S/C11H16F3N5/c1-18-2-4-19(5-3-18)17-10-9(15)6-8(7-16-10)11(12,13)14/h6-7H,2-5,15H2,1H3,(H,16,17). The average Bonchev–Trinajstić information content (AvgIpc) is 2.33. The minimum absolute atomic E-state index is 0.00578. The van der Waals surface area contributed by atoms with Gasteiger partial charge in [0.25, 0.3) is 0 Å². The van der Waals surface area contributed by atoms with Crippen LogP contribution in [0.25, 0.3) is 0 Å². The Kier molecular flexibility index (Phi) is 3.81. The van der Waals surface area contributed by atoms with Gasteiger partial charge in [-0.1, -0.05) is 0 Å². The molecule has 1 fully saturated rings. The zero-order chi connectivity index (χ0) is 14.0. The number of hydrogen-bond donors (Lipinski definition) is 2. The number of likely N-dealkylation sites (N-methyl/N-ethyl adjacent to an activating group) is 1. The normalized spacial score (nSPS) is 18.5. The van der Waals surface area contributed by atoms with Crippen molar-refractivity contribution in [1.29, 1.82) is 0 Å². The zero-order valence-electron chi connectivity index (χ0n) is 10.5. The van der Waals surface area contributed by atoms with Gasteiger partial charge in [-0.25, -0.2) is 9.99 Å². The molecule has 1 saturated heterocycles. The number of halogens is 3. The molecule has 2 heterocycles. The van der Waals surface area contributed by atoms with Crippen LogP contribution in [0.5, 0.6) is 0 Å². The molecule has 5 nitrogen and oxygen atoms in total. The number of aromatic nitrogens is 1. The maximum atomic E-state index is 12.5. The monoisotopic (exact) mass is 275 g/mol. The molecule has 0 bridgehead atoms. The first-order valence-corrected chi connectivity index (χ1v) is 5.89. The number of pyridine rings is 1. The molecular formula is C11H16F3N5. The van der Waals surface area contributed by atoms with Gasteiger partial charge in [-0.05, 0) is 13.1 Å². The predicted molar refractivity (Wildman–Crippen MR) is 66.3 cm³/mol. The maximum absolute atomic E-state index is 12.5. The van der Waals surface area contributed by atoms with Crippen LogP contribution in [0, 0.1) is 0 Å². The molecule has 0 atom stereocenters. The van der Waals surface area contributed by atoms with Crippen molar-refractivity contribution in [1.82, 2.24) is 14.9 Å². The molecule has 1 aliphatic rings. The summed E-state index contributed by atoms with van der Waals surface area (Å²) in [5, 5.41) is 1.89. The Bertz CT molecular complexity index is 440. The van der Waals surface area contributed by atoms with E-state index in [2.05, 4.69) is 15.3 Å². The summed E-state index contributed by atoms with van der Waals surface area (Å²) in [5.41, 5.74) is 7.71. The smallest absolute Gasteiger partial charge is 0.396 e. The van der Waals surface area contributed by atoms with E-state index in [1.165, 1.54) is 0 Å². The summed E-state index contributed by atoms with van der Waals surface area (Å²) in [6.07, 6.45) is -3.64. The molecule has 0 aliphatic carbocycles. The number of nitrogens with zero attached hydrogens (tertiary/aromatic N) is 3. The van der Waals surface area contributed by atoms with Gasteiger partial charge in [-0.3, -0.25) is 0 Å². The van der Waals surface area contributed by atoms with Crippen LogP contribution in [0.2, 0.25) is 0 Å². The number of nitrogens with two attached hydrogens (primary N) is 1. The predicted octanol–water partition coefficient (Wildman–Crippen LogP) is 1.26. The van der Waals surface area contributed by atoms with E-state index in [1.54, 1.807) is 0 Å². The molecule has 8 heteroatoms. The highest BCUT2D eigenvalue weighted by atomic mass is 19.4. The lowest BCUT2D eigenvalue weighted by Crippen LogP contribution is -2.47. The zero-order valence-corrected chi connectivity index (χ0v) is 10.5. The van der Waals surface area contributed by atoms with Gasteiger partial charge >= 0.3 is 6.18 Å². The highest BCUT2D eigenvalue weighted by Gasteiger charge is 2.31. The molecule has 19 heavy (non-hydrogen) atoms. The van der Waals surface area contributed by atoms with E-state index in [-0.39, 0.29) is 11.5 Å². The summed E-state index contributed by atoms with van der Waals surface area (Å²) in [6.45, 7) is 3.29. The quantitative estimate of drug-likeness (QED) is 0.851. The van der Waals surface area contributed by atoms with Gasteiger partial charge in [0, 0.05) is 32.4 Å². The third-order valence-electron chi connectivity index (χ3n) is 3.01. The van der Waals surface area contributed by atoms with E-state index < -0.39 is 11.7 Å². The molecule has 0 saturated carbocycles. The lowest BCUT2D eigenvalue weighted by Gasteiger charge is -2.32. The van der Waals surface area contributed by atoms with E-state index in [4.69, 9.17) is 5.73 Å². The van der Waals surface area contributed by atoms with Gasteiger partial charge < -0.3 is 16.1 Å². The molecule has 0 amide bonds. The van der Waals surface area contributed by atoms with Crippen LogP contribution in [-0.2, 0) is 6.18 Å². The molecule has 3 N–H and O–H groups in total. The summed E-state index contributed by atoms with van der Waals surface area (Å²) < 4.78 is 37.4. The molecule has 1 aromatic heterocycles. The first-order chi connectivity index (χ1) is 8.86. The number of nitrogen functional groups attached to an aromatic ring is 1. The van der Waals surface area contributed by atoms with E-state index in [0.717, 1.165) is 38.4 Å². The van der Waals surface area contributed by atoms with Crippen LogP contribution in [0.4, 0.5) is 24.7 Å². The van der Waals surface area contributed by atoms with Crippen LogP contribution in [0.1, 0.15) is 5.56 Å². The number of rotatable bonds is 2. The molecule has 2 rings (SSSR count). The van der Waals surface area contributed by atoms with Crippen molar-refractivity contribution in [2.45, 2.75) is 6.18 Å². The van der Waals surface area contributed by atoms with Gasteiger partial charge in [-0.15, -0.1) is 0 Å². The van der Waals surface area contributed by atoms with Gasteiger partial charge in [0.1, 0.15) is 0 Å². The molecule has 0 radical (unpaired) electrons. The number of alkyl halides is 3. The van der Waals surface area contributed by atoms with E-state index in [0.29, 0.717) is 0 Å². The average molecular weight is 275 g/mol. The molecule has 0 spiro atoms. The second kappa shape index (κ2) is 5.22. The maximum Gasteiger partial charge on any atom is 0.417 e. The number of nitrogens with one attached hydrogen (secondary N) is 1. The number of hydrogen-bond acceptors (Lipinski definition) is 5. The van der Waals surface area contributed by atoms with Gasteiger partial charge in [-0.2, -0.15) is 13.2 Å². The van der Waals surface area contributed by atoms with Crippen LogP contribution in [-0.4, -0.2) is 48.1 Å². The van der Waals surface area contributed by atoms with E-state index >= 15 is 0 Å².